The number of carbonyl (C=O) groups is 1. The SMILES string of the molecule is Cc1cc(OC(=O)c2ccccn2)ccc1[N+](=O)[O-]. The van der Waals surface area contributed by atoms with Gasteiger partial charge in [0.15, 0.2) is 0 Å². The minimum absolute atomic E-state index is 0.0161. The Morgan fingerprint density at radius 2 is 2.11 bits per heavy atom. The Kier molecular flexibility index (Phi) is 3.51. The van der Waals surface area contributed by atoms with Crippen molar-refractivity contribution in [2.45, 2.75) is 6.92 Å². The number of hydrogen-bond acceptors (Lipinski definition) is 5. The van der Waals surface area contributed by atoms with Crippen LogP contribution in [0, 0.1) is 17.0 Å². The topological polar surface area (TPSA) is 82.3 Å². The Labute approximate surface area is 108 Å². The second kappa shape index (κ2) is 5.26. The van der Waals surface area contributed by atoms with Crippen LogP contribution in [0.25, 0.3) is 0 Å². The lowest BCUT2D eigenvalue weighted by Gasteiger charge is -2.04. The van der Waals surface area contributed by atoms with Crippen molar-refractivity contribution in [2.24, 2.45) is 0 Å². The molecule has 1 aromatic heterocycles. The van der Waals surface area contributed by atoms with Gasteiger partial charge in [-0.2, -0.15) is 0 Å². The number of nitrogens with zero attached hydrogens (tertiary/aromatic N) is 2. The Hall–Kier alpha value is -2.76. The molecular formula is C13H10N2O4. The van der Waals surface area contributed by atoms with Crippen LogP contribution in [-0.4, -0.2) is 15.9 Å². The maximum Gasteiger partial charge on any atom is 0.362 e. The molecule has 0 bridgehead atoms. The van der Waals surface area contributed by atoms with Crippen molar-refractivity contribution < 1.29 is 14.5 Å². The lowest BCUT2D eigenvalue weighted by atomic mass is 10.2. The van der Waals surface area contributed by atoms with Gasteiger partial charge in [0, 0.05) is 17.8 Å². The van der Waals surface area contributed by atoms with Gasteiger partial charge >= 0.3 is 5.97 Å². The van der Waals surface area contributed by atoms with Gasteiger partial charge < -0.3 is 4.74 Å². The molecule has 96 valence electrons. The van der Waals surface area contributed by atoms with Crippen LogP contribution in [0.4, 0.5) is 5.69 Å². The van der Waals surface area contributed by atoms with Crippen molar-refractivity contribution in [3.8, 4) is 5.75 Å². The zero-order chi connectivity index (χ0) is 13.8. The van der Waals surface area contributed by atoms with Crippen LogP contribution < -0.4 is 4.74 Å². The van der Waals surface area contributed by atoms with Gasteiger partial charge in [-0.15, -0.1) is 0 Å². The van der Waals surface area contributed by atoms with E-state index in [0.29, 0.717) is 5.56 Å². The Morgan fingerprint density at radius 3 is 2.68 bits per heavy atom. The first-order valence-corrected chi connectivity index (χ1v) is 5.46. The first-order chi connectivity index (χ1) is 9.08. The standard InChI is InChI=1S/C13H10N2O4/c1-9-8-10(5-6-12(9)15(17)18)19-13(16)11-4-2-3-7-14-11/h2-8H,1H3. The van der Waals surface area contributed by atoms with Crippen molar-refractivity contribution in [1.82, 2.24) is 4.98 Å². The summed E-state index contributed by atoms with van der Waals surface area (Å²) in [5.74, 6) is -0.354. The summed E-state index contributed by atoms with van der Waals surface area (Å²) in [6.45, 7) is 1.58. The van der Waals surface area contributed by atoms with Crippen LogP contribution >= 0.6 is 0 Å². The molecule has 0 aliphatic rings. The van der Waals surface area contributed by atoms with Crippen LogP contribution in [0.5, 0.6) is 5.75 Å². The summed E-state index contributed by atoms with van der Waals surface area (Å²) in [7, 11) is 0. The molecule has 0 N–H and O–H groups in total. The molecule has 6 heteroatoms. The third kappa shape index (κ3) is 2.92. The highest BCUT2D eigenvalue weighted by Crippen LogP contribution is 2.23. The van der Waals surface area contributed by atoms with Gasteiger partial charge in [0.1, 0.15) is 11.4 Å². The van der Waals surface area contributed by atoms with Gasteiger partial charge in [-0.1, -0.05) is 6.07 Å². The fourth-order valence-corrected chi connectivity index (χ4v) is 1.54. The number of hydrogen-bond donors (Lipinski definition) is 0. The number of pyridine rings is 1. The predicted molar refractivity (Wildman–Crippen MR) is 67.0 cm³/mol. The van der Waals surface area contributed by atoms with Crippen molar-refractivity contribution in [1.29, 1.82) is 0 Å². The molecule has 1 aromatic carbocycles. The molecule has 0 fully saturated rings. The molecule has 0 radical (unpaired) electrons. The minimum Gasteiger partial charge on any atom is -0.422 e. The second-order valence-corrected chi connectivity index (χ2v) is 3.81. The third-order valence-electron chi connectivity index (χ3n) is 2.45. The highest BCUT2D eigenvalue weighted by Gasteiger charge is 2.14. The van der Waals surface area contributed by atoms with Gasteiger partial charge in [0.05, 0.1) is 4.92 Å². The maximum absolute atomic E-state index is 11.7. The number of nitro benzene ring substituents is 1. The van der Waals surface area contributed by atoms with E-state index in [9.17, 15) is 14.9 Å². The zero-order valence-electron chi connectivity index (χ0n) is 10.1. The van der Waals surface area contributed by atoms with E-state index in [1.165, 1.54) is 30.5 Å². The number of aromatic nitrogens is 1. The molecule has 6 nitrogen and oxygen atoms in total. The van der Waals surface area contributed by atoms with E-state index in [2.05, 4.69) is 4.98 Å². The lowest BCUT2D eigenvalue weighted by Crippen LogP contribution is -2.10. The molecule has 0 saturated carbocycles. The fraction of sp³-hybridized carbons (Fsp3) is 0.0769. The number of carbonyl (C=O) groups excluding carboxylic acids is 1. The van der Waals surface area contributed by atoms with E-state index in [-0.39, 0.29) is 17.1 Å². The van der Waals surface area contributed by atoms with Gasteiger partial charge in [-0.05, 0) is 31.2 Å². The minimum atomic E-state index is -0.603. The van der Waals surface area contributed by atoms with Crippen molar-refractivity contribution in [3.63, 3.8) is 0 Å². The highest BCUT2D eigenvalue weighted by molar-refractivity contribution is 5.88. The molecule has 2 aromatic rings. The summed E-state index contributed by atoms with van der Waals surface area (Å²) < 4.78 is 5.09. The Balaban J connectivity index is 2.19. The molecule has 0 amide bonds. The van der Waals surface area contributed by atoms with Gasteiger partial charge in [-0.3, -0.25) is 10.1 Å². The van der Waals surface area contributed by atoms with E-state index in [1.54, 1.807) is 19.1 Å². The quantitative estimate of drug-likeness (QED) is 0.365. The Bertz CT molecular complexity index is 626. The third-order valence-corrected chi connectivity index (χ3v) is 2.45. The number of rotatable bonds is 3. The van der Waals surface area contributed by atoms with Crippen LogP contribution in [0.1, 0.15) is 16.1 Å². The molecule has 0 saturated heterocycles. The number of benzene rings is 1. The predicted octanol–water partition coefficient (Wildman–Crippen LogP) is 2.52. The van der Waals surface area contributed by atoms with Gasteiger partial charge in [-0.25, -0.2) is 9.78 Å². The van der Waals surface area contributed by atoms with Crippen LogP contribution in [0.15, 0.2) is 42.6 Å². The molecule has 0 spiro atoms. The molecule has 2 rings (SSSR count). The largest absolute Gasteiger partial charge is 0.422 e. The van der Waals surface area contributed by atoms with Gasteiger partial charge in [0.2, 0.25) is 0 Å². The van der Waals surface area contributed by atoms with E-state index in [0.717, 1.165) is 0 Å². The van der Waals surface area contributed by atoms with E-state index in [1.807, 2.05) is 0 Å². The molecule has 0 atom stereocenters. The smallest absolute Gasteiger partial charge is 0.362 e. The van der Waals surface area contributed by atoms with E-state index >= 15 is 0 Å². The van der Waals surface area contributed by atoms with Crippen LogP contribution in [0.3, 0.4) is 0 Å². The second-order valence-electron chi connectivity index (χ2n) is 3.81. The average Bonchev–Trinajstić information content (AvgIpc) is 2.39. The van der Waals surface area contributed by atoms with E-state index in [4.69, 9.17) is 4.74 Å². The number of ether oxygens (including phenoxy) is 1. The number of nitro groups is 1. The van der Waals surface area contributed by atoms with E-state index < -0.39 is 10.9 Å². The molecule has 19 heavy (non-hydrogen) atoms. The average molecular weight is 258 g/mol. The first-order valence-electron chi connectivity index (χ1n) is 5.46. The summed E-state index contributed by atoms with van der Waals surface area (Å²) in [4.78, 5) is 25.8. The fourth-order valence-electron chi connectivity index (χ4n) is 1.54. The molecule has 0 aliphatic heterocycles. The summed E-state index contributed by atoms with van der Waals surface area (Å²) in [5, 5.41) is 10.7. The molecule has 0 unspecified atom stereocenters. The summed E-state index contributed by atoms with van der Waals surface area (Å²) >= 11 is 0. The van der Waals surface area contributed by atoms with Gasteiger partial charge in [0.25, 0.3) is 5.69 Å². The summed E-state index contributed by atoms with van der Waals surface area (Å²) in [5.41, 5.74) is 0.590. The molecular weight excluding hydrogens is 248 g/mol. The maximum atomic E-state index is 11.7. The normalized spacial score (nSPS) is 9.95. The lowest BCUT2D eigenvalue weighted by molar-refractivity contribution is -0.385. The summed E-state index contributed by atoms with van der Waals surface area (Å²) in [6, 6.07) is 9.01. The first kappa shape index (κ1) is 12.7. The molecule has 0 aliphatic carbocycles. The highest BCUT2D eigenvalue weighted by atomic mass is 16.6. The molecule has 1 heterocycles. The van der Waals surface area contributed by atoms with Crippen LogP contribution in [-0.2, 0) is 0 Å². The van der Waals surface area contributed by atoms with Crippen molar-refractivity contribution in [2.75, 3.05) is 0 Å². The Morgan fingerprint density at radius 1 is 1.32 bits per heavy atom. The monoisotopic (exact) mass is 258 g/mol. The summed E-state index contributed by atoms with van der Waals surface area (Å²) in [6.07, 6.45) is 1.48. The number of aryl methyl sites for hydroxylation is 1. The number of esters is 1. The van der Waals surface area contributed by atoms with Crippen molar-refractivity contribution >= 4 is 11.7 Å². The zero-order valence-corrected chi connectivity index (χ0v) is 10.1. The van der Waals surface area contributed by atoms with Crippen molar-refractivity contribution in [3.05, 3.63) is 64.0 Å². The van der Waals surface area contributed by atoms with Crippen LogP contribution in [0.2, 0.25) is 0 Å².